The number of hydrogen-bond acceptors (Lipinski definition) is 5. The average Bonchev–Trinajstić information content (AvgIpc) is 2.23. The predicted octanol–water partition coefficient (Wildman–Crippen LogP) is 0.809. The zero-order valence-corrected chi connectivity index (χ0v) is 13.0. The van der Waals surface area contributed by atoms with Crippen LogP contribution in [0.1, 0.15) is 48.0 Å². The third-order valence-corrected chi connectivity index (χ3v) is 2.71. The van der Waals surface area contributed by atoms with Gasteiger partial charge in [0.05, 0.1) is 18.6 Å². The fourth-order valence-electron chi connectivity index (χ4n) is 1.69. The minimum absolute atomic E-state index is 0.0657. The van der Waals surface area contributed by atoms with Crippen molar-refractivity contribution in [2.75, 3.05) is 0 Å². The van der Waals surface area contributed by atoms with Gasteiger partial charge in [0, 0.05) is 0 Å². The number of ether oxygens (including phenoxy) is 1. The van der Waals surface area contributed by atoms with Gasteiger partial charge < -0.3 is 15.2 Å². The quantitative estimate of drug-likeness (QED) is 0.676. The molecule has 0 aliphatic rings. The first-order chi connectivity index (χ1) is 8.97. The summed E-state index contributed by atoms with van der Waals surface area (Å²) < 4.78 is 4.88. The Morgan fingerprint density at radius 3 is 2.05 bits per heavy atom. The molecule has 2 unspecified atom stereocenters. The van der Waals surface area contributed by atoms with Gasteiger partial charge in [-0.3, -0.25) is 9.59 Å². The van der Waals surface area contributed by atoms with E-state index in [1.54, 1.807) is 27.7 Å². The summed E-state index contributed by atoms with van der Waals surface area (Å²) >= 11 is 0. The molecule has 0 rings (SSSR count). The van der Waals surface area contributed by atoms with E-state index >= 15 is 0 Å². The number of carbonyl (C=O) groups excluding carboxylic acids is 3. The molecule has 6 nitrogen and oxygen atoms in total. The highest BCUT2D eigenvalue weighted by molar-refractivity contribution is 5.91. The molecule has 2 atom stereocenters. The zero-order valence-electron chi connectivity index (χ0n) is 13.0. The predicted molar refractivity (Wildman–Crippen MR) is 73.9 cm³/mol. The Hall–Kier alpha value is -1.43. The fourth-order valence-corrected chi connectivity index (χ4v) is 1.69. The van der Waals surface area contributed by atoms with Gasteiger partial charge in [-0.25, -0.2) is 4.79 Å². The van der Waals surface area contributed by atoms with Crippen molar-refractivity contribution in [3.05, 3.63) is 0 Å². The maximum Gasteiger partial charge on any atom is 0.338 e. The molecule has 0 aromatic heterocycles. The average molecular weight is 287 g/mol. The molecule has 0 aliphatic carbocycles. The molecule has 0 aromatic carbocycles. The van der Waals surface area contributed by atoms with Crippen LogP contribution in [0.15, 0.2) is 0 Å². The Bertz CT molecular complexity index is 374. The Kier molecular flexibility index (Phi) is 6.85. The van der Waals surface area contributed by atoms with E-state index < -0.39 is 29.9 Å². The highest BCUT2D eigenvalue weighted by atomic mass is 16.6. The van der Waals surface area contributed by atoms with Gasteiger partial charge in [-0.15, -0.1) is 0 Å². The first-order valence-electron chi connectivity index (χ1n) is 6.70. The summed E-state index contributed by atoms with van der Waals surface area (Å²) in [5, 5.41) is 12.5. The summed E-state index contributed by atoms with van der Waals surface area (Å²) in [5.74, 6) is -1.65. The maximum atomic E-state index is 11.8. The van der Waals surface area contributed by atoms with Crippen LogP contribution in [0.5, 0.6) is 0 Å². The fraction of sp³-hybridized carbons (Fsp3) is 0.786. The van der Waals surface area contributed by atoms with Crippen molar-refractivity contribution in [2.24, 2.45) is 5.92 Å². The molecular weight excluding hydrogens is 262 g/mol. The van der Waals surface area contributed by atoms with E-state index in [9.17, 15) is 19.5 Å². The molecule has 20 heavy (non-hydrogen) atoms. The van der Waals surface area contributed by atoms with Gasteiger partial charge >= 0.3 is 5.97 Å². The number of Topliss-reactive ketones (excluding diaryl/α,β-unsaturated/α-hetero) is 1. The van der Waals surface area contributed by atoms with E-state index in [1.807, 2.05) is 0 Å². The molecule has 0 bridgehead atoms. The van der Waals surface area contributed by atoms with Crippen LogP contribution in [0.4, 0.5) is 0 Å². The van der Waals surface area contributed by atoms with E-state index in [0.717, 1.165) is 0 Å². The molecule has 0 heterocycles. The molecule has 0 aliphatic heterocycles. The van der Waals surface area contributed by atoms with Crippen molar-refractivity contribution < 1.29 is 24.2 Å². The zero-order chi connectivity index (χ0) is 16.1. The Labute approximate surface area is 119 Å². The summed E-state index contributed by atoms with van der Waals surface area (Å²) in [4.78, 5) is 34.9. The number of ketones is 1. The second-order valence-corrected chi connectivity index (χ2v) is 5.80. The minimum atomic E-state index is -1.91. The molecule has 6 heteroatoms. The Morgan fingerprint density at radius 1 is 1.20 bits per heavy atom. The SMILES string of the molecule is CC(=O)C(NC(=O)CC(C)(O)C(=O)OC(C)C)C(C)C. The normalized spacial score (nSPS) is 15.7. The number of hydrogen-bond donors (Lipinski definition) is 2. The minimum Gasteiger partial charge on any atom is -0.461 e. The topological polar surface area (TPSA) is 92.7 Å². The van der Waals surface area contributed by atoms with E-state index in [2.05, 4.69) is 5.32 Å². The molecule has 0 spiro atoms. The van der Waals surface area contributed by atoms with Gasteiger partial charge in [0.2, 0.25) is 5.91 Å². The van der Waals surface area contributed by atoms with Crippen molar-refractivity contribution >= 4 is 17.7 Å². The van der Waals surface area contributed by atoms with Gasteiger partial charge in [0.25, 0.3) is 0 Å². The van der Waals surface area contributed by atoms with Crippen LogP contribution in [0.2, 0.25) is 0 Å². The number of nitrogens with one attached hydrogen (secondary N) is 1. The number of rotatable bonds is 7. The second kappa shape index (κ2) is 7.38. The number of amides is 1. The molecular formula is C14H25NO5. The molecule has 0 saturated heterocycles. The first kappa shape index (κ1) is 18.6. The van der Waals surface area contributed by atoms with Crippen LogP contribution in [0.3, 0.4) is 0 Å². The lowest BCUT2D eigenvalue weighted by Gasteiger charge is -2.24. The highest BCUT2D eigenvalue weighted by Gasteiger charge is 2.36. The largest absolute Gasteiger partial charge is 0.461 e. The summed E-state index contributed by atoms with van der Waals surface area (Å²) in [6.45, 7) is 9.51. The van der Waals surface area contributed by atoms with Crippen molar-refractivity contribution in [2.45, 2.75) is 65.7 Å². The number of carbonyl (C=O) groups is 3. The first-order valence-corrected chi connectivity index (χ1v) is 6.70. The Morgan fingerprint density at radius 2 is 1.70 bits per heavy atom. The lowest BCUT2D eigenvalue weighted by Crippen LogP contribution is -2.48. The lowest BCUT2D eigenvalue weighted by atomic mass is 9.98. The lowest BCUT2D eigenvalue weighted by molar-refractivity contribution is -0.170. The molecule has 0 radical (unpaired) electrons. The highest BCUT2D eigenvalue weighted by Crippen LogP contribution is 2.14. The van der Waals surface area contributed by atoms with E-state index in [0.29, 0.717) is 0 Å². The molecule has 2 N–H and O–H groups in total. The van der Waals surface area contributed by atoms with E-state index in [4.69, 9.17) is 4.74 Å². The van der Waals surface area contributed by atoms with Gasteiger partial charge in [0.1, 0.15) is 0 Å². The van der Waals surface area contributed by atoms with Gasteiger partial charge in [-0.05, 0) is 33.6 Å². The van der Waals surface area contributed by atoms with E-state index in [-0.39, 0.29) is 17.8 Å². The van der Waals surface area contributed by atoms with Crippen LogP contribution < -0.4 is 5.32 Å². The number of esters is 1. The van der Waals surface area contributed by atoms with Crippen molar-refractivity contribution in [3.8, 4) is 0 Å². The monoisotopic (exact) mass is 287 g/mol. The summed E-state index contributed by atoms with van der Waals surface area (Å²) in [6.07, 6.45) is -0.827. The molecule has 1 amide bonds. The summed E-state index contributed by atoms with van der Waals surface area (Å²) in [5.41, 5.74) is -1.91. The van der Waals surface area contributed by atoms with E-state index in [1.165, 1.54) is 13.8 Å². The maximum absolute atomic E-state index is 11.8. The summed E-state index contributed by atoms with van der Waals surface area (Å²) in [6, 6.07) is -0.626. The van der Waals surface area contributed by atoms with Gasteiger partial charge in [0.15, 0.2) is 11.4 Å². The van der Waals surface area contributed by atoms with Gasteiger partial charge in [-0.1, -0.05) is 13.8 Å². The second-order valence-electron chi connectivity index (χ2n) is 5.80. The van der Waals surface area contributed by atoms with Crippen LogP contribution in [-0.2, 0) is 19.1 Å². The standard InChI is InChI=1S/C14H25NO5/c1-8(2)12(10(5)16)15-11(17)7-14(6,19)13(18)20-9(3)4/h8-9,12,19H,7H2,1-6H3,(H,15,17). The molecule has 0 aromatic rings. The smallest absolute Gasteiger partial charge is 0.338 e. The van der Waals surface area contributed by atoms with Crippen LogP contribution in [0.25, 0.3) is 0 Å². The third kappa shape index (κ3) is 6.14. The molecule has 0 saturated carbocycles. The van der Waals surface area contributed by atoms with Gasteiger partial charge in [-0.2, -0.15) is 0 Å². The van der Waals surface area contributed by atoms with Crippen molar-refractivity contribution in [3.63, 3.8) is 0 Å². The van der Waals surface area contributed by atoms with Crippen LogP contribution in [0, 0.1) is 5.92 Å². The van der Waals surface area contributed by atoms with Crippen molar-refractivity contribution in [1.29, 1.82) is 0 Å². The Balaban J connectivity index is 4.66. The van der Waals surface area contributed by atoms with Crippen LogP contribution in [-0.4, -0.2) is 40.5 Å². The molecule has 0 fully saturated rings. The molecule has 116 valence electrons. The number of aliphatic hydroxyl groups is 1. The summed E-state index contributed by atoms with van der Waals surface area (Å²) in [7, 11) is 0. The third-order valence-electron chi connectivity index (χ3n) is 2.71. The van der Waals surface area contributed by atoms with Crippen molar-refractivity contribution in [1.82, 2.24) is 5.32 Å². The van der Waals surface area contributed by atoms with Crippen LogP contribution >= 0.6 is 0 Å².